The lowest BCUT2D eigenvalue weighted by molar-refractivity contribution is -0.138. The van der Waals surface area contributed by atoms with Crippen molar-refractivity contribution in [3.05, 3.63) is 144 Å². The van der Waals surface area contributed by atoms with Crippen molar-refractivity contribution < 1.29 is 9.53 Å². The molecule has 0 N–H and O–H groups in total. The van der Waals surface area contributed by atoms with Crippen LogP contribution in [0.4, 0.5) is 0 Å². The molecule has 3 heterocycles. The summed E-state index contributed by atoms with van der Waals surface area (Å²) >= 11 is 2.97. The van der Waals surface area contributed by atoms with Crippen molar-refractivity contribution in [1.82, 2.24) is 9.13 Å². The van der Waals surface area contributed by atoms with Crippen molar-refractivity contribution in [3.8, 4) is 5.69 Å². The summed E-state index contributed by atoms with van der Waals surface area (Å²) in [5, 5.41) is 0. The summed E-state index contributed by atoms with van der Waals surface area (Å²) in [6, 6.07) is 29.2. The van der Waals surface area contributed by atoms with Gasteiger partial charge < -0.3 is 9.30 Å². The average molecular weight is 606 g/mol. The van der Waals surface area contributed by atoms with Crippen molar-refractivity contribution in [2.45, 2.75) is 31.7 Å². The number of rotatable bonds is 7. The number of benzene rings is 3. The molecule has 2 aromatic heterocycles. The lowest BCUT2D eigenvalue weighted by Crippen LogP contribution is -2.40. The summed E-state index contributed by atoms with van der Waals surface area (Å²) in [7, 11) is 0. The highest BCUT2D eigenvalue weighted by molar-refractivity contribution is 7.98. The molecule has 43 heavy (non-hydrogen) atoms. The molecule has 1 atom stereocenters. The SMILES string of the molecule is CCOC(=O)C1=C(c2ccccc2)N=c2s/c(=C\c3cc(C)n(-c4ccccc4)c3C)c(=O)n2[C@@H]1c1ccc(SC)cc1. The molecule has 8 heteroatoms. The maximum atomic E-state index is 14.3. The van der Waals surface area contributed by atoms with Gasteiger partial charge in [-0.05, 0) is 74.6 Å². The number of carbonyl (C=O) groups is 1. The van der Waals surface area contributed by atoms with Gasteiger partial charge >= 0.3 is 5.97 Å². The molecule has 0 saturated carbocycles. The number of esters is 1. The Bertz CT molecular complexity index is 2020. The number of hydrogen-bond acceptors (Lipinski definition) is 6. The Morgan fingerprint density at radius 3 is 2.33 bits per heavy atom. The number of fused-ring (bicyclic) bond motifs is 1. The summed E-state index contributed by atoms with van der Waals surface area (Å²) in [6.07, 6.45) is 3.96. The second-order valence-corrected chi connectivity index (χ2v) is 12.1. The summed E-state index contributed by atoms with van der Waals surface area (Å²) < 4.78 is 9.97. The maximum absolute atomic E-state index is 14.3. The topological polar surface area (TPSA) is 65.6 Å². The van der Waals surface area contributed by atoms with E-state index < -0.39 is 12.0 Å². The average Bonchev–Trinajstić information content (AvgIpc) is 3.50. The monoisotopic (exact) mass is 605 g/mol. The summed E-state index contributed by atoms with van der Waals surface area (Å²) in [5.41, 5.74) is 6.43. The zero-order valence-corrected chi connectivity index (χ0v) is 26.0. The molecule has 6 nitrogen and oxygen atoms in total. The maximum Gasteiger partial charge on any atom is 0.338 e. The lowest BCUT2D eigenvalue weighted by atomic mass is 9.93. The van der Waals surface area contributed by atoms with Crippen LogP contribution in [-0.2, 0) is 9.53 Å². The number of aryl methyl sites for hydroxylation is 1. The van der Waals surface area contributed by atoms with Crippen molar-refractivity contribution in [2.24, 2.45) is 4.99 Å². The van der Waals surface area contributed by atoms with Gasteiger partial charge in [-0.25, -0.2) is 9.79 Å². The van der Waals surface area contributed by atoms with Gasteiger partial charge in [0.25, 0.3) is 5.56 Å². The van der Waals surface area contributed by atoms with Gasteiger partial charge in [0.2, 0.25) is 0 Å². The summed E-state index contributed by atoms with van der Waals surface area (Å²) in [6.45, 7) is 6.12. The lowest BCUT2D eigenvalue weighted by Gasteiger charge is -2.26. The zero-order valence-electron chi connectivity index (χ0n) is 24.4. The Labute approximate surface area is 258 Å². The number of aromatic nitrogens is 2. The minimum absolute atomic E-state index is 0.193. The predicted octanol–water partition coefficient (Wildman–Crippen LogP) is 6.07. The first kappa shape index (κ1) is 28.7. The van der Waals surface area contributed by atoms with Crippen molar-refractivity contribution >= 4 is 40.8 Å². The van der Waals surface area contributed by atoms with Crippen LogP contribution in [0.25, 0.3) is 17.5 Å². The minimum atomic E-state index is -0.694. The third-order valence-electron chi connectivity index (χ3n) is 7.58. The van der Waals surface area contributed by atoms with Crippen molar-refractivity contribution in [2.75, 3.05) is 12.9 Å². The van der Waals surface area contributed by atoms with Gasteiger partial charge in [0.05, 0.1) is 28.5 Å². The van der Waals surface area contributed by atoms with E-state index in [-0.39, 0.29) is 12.2 Å². The minimum Gasteiger partial charge on any atom is -0.463 e. The van der Waals surface area contributed by atoms with Crippen LogP contribution < -0.4 is 14.9 Å². The first-order valence-corrected chi connectivity index (χ1v) is 16.1. The molecule has 0 spiro atoms. The van der Waals surface area contributed by atoms with Gasteiger partial charge in [-0.3, -0.25) is 9.36 Å². The predicted molar refractivity (Wildman–Crippen MR) is 175 cm³/mol. The molecule has 0 bridgehead atoms. The van der Waals surface area contributed by atoms with E-state index in [9.17, 15) is 9.59 Å². The zero-order chi connectivity index (χ0) is 30.1. The van der Waals surface area contributed by atoms with E-state index in [1.165, 1.54) is 11.3 Å². The van der Waals surface area contributed by atoms with E-state index in [1.54, 1.807) is 23.3 Å². The van der Waals surface area contributed by atoms with Crippen molar-refractivity contribution in [1.29, 1.82) is 0 Å². The first-order chi connectivity index (χ1) is 20.9. The van der Waals surface area contributed by atoms with Crippen LogP contribution in [0, 0.1) is 13.8 Å². The Hall–Kier alpha value is -4.40. The Morgan fingerprint density at radius 1 is 1.00 bits per heavy atom. The van der Waals surface area contributed by atoms with Gasteiger partial charge in [-0.1, -0.05) is 72.0 Å². The Balaban J connectivity index is 1.60. The first-order valence-electron chi connectivity index (χ1n) is 14.1. The summed E-state index contributed by atoms with van der Waals surface area (Å²) in [5.74, 6) is -0.482. The number of hydrogen-bond donors (Lipinski definition) is 0. The van der Waals surface area contributed by atoms with Crippen LogP contribution >= 0.6 is 23.1 Å². The Morgan fingerprint density at radius 2 is 1.67 bits per heavy atom. The second-order valence-electron chi connectivity index (χ2n) is 10.2. The number of ether oxygens (including phenoxy) is 1. The van der Waals surface area contributed by atoms with Crippen molar-refractivity contribution in [3.63, 3.8) is 0 Å². The molecule has 0 radical (unpaired) electrons. The van der Waals surface area contributed by atoms with Gasteiger partial charge in [-0.2, -0.15) is 0 Å². The highest BCUT2D eigenvalue weighted by Gasteiger charge is 2.35. The molecular weight excluding hydrogens is 575 g/mol. The van der Waals surface area contributed by atoms with E-state index in [1.807, 2.05) is 85.1 Å². The fraction of sp³-hybridized carbons (Fsp3) is 0.171. The highest BCUT2D eigenvalue weighted by atomic mass is 32.2. The van der Waals surface area contributed by atoms with Crippen LogP contribution in [0.15, 0.2) is 111 Å². The quantitative estimate of drug-likeness (QED) is 0.167. The third-order valence-corrected chi connectivity index (χ3v) is 9.30. The molecule has 0 fully saturated rings. The van der Waals surface area contributed by atoms with E-state index in [2.05, 4.69) is 36.6 Å². The number of thioether (sulfide) groups is 1. The number of carbonyl (C=O) groups excluding carboxylic acids is 1. The molecular formula is C35H31N3O3S2. The van der Waals surface area contributed by atoms with E-state index in [0.29, 0.717) is 20.6 Å². The molecule has 5 aromatic rings. The van der Waals surface area contributed by atoms with E-state index in [4.69, 9.17) is 9.73 Å². The summed E-state index contributed by atoms with van der Waals surface area (Å²) in [4.78, 5) is 34.5. The van der Waals surface area contributed by atoms with E-state index >= 15 is 0 Å². The van der Waals surface area contributed by atoms with Crippen LogP contribution in [0.1, 0.15) is 41.0 Å². The fourth-order valence-electron chi connectivity index (χ4n) is 5.59. The van der Waals surface area contributed by atoms with Crippen LogP contribution in [0.5, 0.6) is 0 Å². The van der Waals surface area contributed by atoms with Crippen LogP contribution in [0.2, 0.25) is 0 Å². The molecule has 1 aliphatic heterocycles. The molecule has 0 unspecified atom stereocenters. The van der Waals surface area contributed by atoms with Crippen LogP contribution in [0.3, 0.4) is 0 Å². The van der Waals surface area contributed by atoms with Gasteiger partial charge in [0.1, 0.15) is 0 Å². The fourth-order valence-corrected chi connectivity index (χ4v) is 6.99. The Kier molecular flexibility index (Phi) is 8.06. The molecule has 0 amide bonds. The smallest absolute Gasteiger partial charge is 0.338 e. The highest BCUT2D eigenvalue weighted by Crippen LogP contribution is 2.35. The third kappa shape index (κ3) is 5.32. The molecule has 0 aliphatic carbocycles. The number of nitrogens with zero attached hydrogens (tertiary/aromatic N) is 3. The molecule has 6 rings (SSSR count). The second kappa shape index (κ2) is 12.1. The van der Waals surface area contributed by atoms with E-state index in [0.717, 1.165) is 38.7 Å². The van der Waals surface area contributed by atoms with Gasteiger partial charge in [0.15, 0.2) is 4.80 Å². The molecule has 3 aromatic carbocycles. The molecule has 216 valence electrons. The largest absolute Gasteiger partial charge is 0.463 e. The van der Waals surface area contributed by atoms with Gasteiger partial charge in [0, 0.05) is 27.5 Å². The number of para-hydroxylation sites is 1. The molecule has 0 saturated heterocycles. The number of thiazole rings is 1. The normalized spacial score (nSPS) is 14.9. The molecule has 1 aliphatic rings. The van der Waals surface area contributed by atoms with Crippen LogP contribution in [-0.4, -0.2) is 28.0 Å². The van der Waals surface area contributed by atoms with Gasteiger partial charge in [-0.15, -0.1) is 11.8 Å². The standard InChI is InChI=1S/C35H31N3O3S2/c1-5-41-34(40)30-31(24-12-8-6-9-13-24)36-35-38(32(30)25-16-18-28(42-4)19-17-25)33(39)29(43-35)21-26-20-22(2)37(23(26)3)27-14-10-7-11-15-27/h6-21,32H,5H2,1-4H3/b29-21-/t32-/m1/s1.